The first-order valence-electron chi connectivity index (χ1n) is 7.38. The maximum absolute atomic E-state index is 12.9. The number of rotatable bonds is 4. The van der Waals surface area contributed by atoms with Crippen LogP contribution in [0.5, 0.6) is 5.75 Å². The van der Waals surface area contributed by atoms with Gasteiger partial charge in [-0.25, -0.2) is 0 Å². The van der Waals surface area contributed by atoms with E-state index in [1.165, 1.54) is 0 Å². The third kappa shape index (κ3) is 1.90. The van der Waals surface area contributed by atoms with Crippen molar-refractivity contribution in [3.8, 4) is 5.75 Å². The number of benzene rings is 2. The fourth-order valence-corrected chi connectivity index (χ4v) is 3.20. The van der Waals surface area contributed by atoms with E-state index in [-0.39, 0.29) is 5.91 Å². The predicted octanol–water partition coefficient (Wildman–Crippen LogP) is 2.03. The van der Waals surface area contributed by atoms with E-state index >= 15 is 0 Å². The molecule has 2 heterocycles. The van der Waals surface area contributed by atoms with Crippen LogP contribution in [0.1, 0.15) is 11.1 Å². The molecule has 1 amide bonds. The van der Waals surface area contributed by atoms with E-state index in [2.05, 4.69) is 0 Å². The highest BCUT2D eigenvalue weighted by atomic mass is 16.6. The monoisotopic (exact) mass is 309 g/mol. The highest BCUT2D eigenvalue weighted by Gasteiger charge is 2.69. The Morgan fingerprint density at radius 1 is 1.26 bits per heavy atom. The van der Waals surface area contributed by atoms with E-state index in [1.54, 1.807) is 24.1 Å². The second-order valence-corrected chi connectivity index (χ2v) is 5.67. The van der Waals surface area contributed by atoms with Crippen LogP contribution in [-0.4, -0.2) is 25.4 Å². The number of fused-ring (bicyclic) bond motifs is 2. The van der Waals surface area contributed by atoms with Crippen LogP contribution in [0.15, 0.2) is 48.5 Å². The molecule has 0 bridgehead atoms. The maximum atomic E-state index is 12.9. The number of nitrogens with zero attached hydrogens (tertiary/aromatic N) is 1. The number of methoxy groups -OCH3 is 1. The van der Waals surface area contributed by atoms with E-state index in [0.29, 0.717) is 18.6 Å². The topological polar surface area (TPSA) is 59.1 Å². The van der Waals surface area contributed by atoms with Crippen molar-refractivity contribution in [3.05, 3.63) is 59.7 Å². The average Bonchev–Trinajstić information content (AvgIpc) is 3.30. The van der Waals surface area contributed by atoms with Gasteiger partial charge in [0, 0.05) is 11.6 Å². The Balaban J connectivity index is 1.79. The molecule has 116 valence electrons. The minimum Gasteiger partial charge on any atom is -0.497 e. The number of epoxide rings is 1. The number of amides is 1. The van der Waals surface area contributed by atoms with Crippen LogP contribution in [0, 0.1) is 0 Å². The van der Waals surface area contributed by atoms with E-state index in [0.717, 1.165) is 16.8 Å². The Kier molecular flexibility index (Phi) is 2.99. The molecular formula is C18H15NO4. The van der Waals surface area contributed by atoms with E-state index in [9.17, 15) is 9.59 Å². The highest BCUT2D eigenvalue weighted by molar-refractivity contribution is 6.11. The fourth-order valence-electron chi connectivity index (χ4n) is 3.20. The molecule has 23 heavy (non-hydrogen) atoms. The van der Waals surface area contributed by atoms with Crippen LogP contribution in [0.2, 0.25) is 0 Å². The summed E-state index contributed by atoms with van der Waals surface area (Å²) in [6.45, 7) is 0.427. The van der Waals surface area contributed by atoms with Crippen molar-refractivity contribution in [2.45, 2.75) is 18.2 Å². The zero-order chi connectivity index (χ0) is 16.0. The molecule has 4 rings (SSSR count). The number of hydrogen-bond donors (Lipinski definition) is 0. The number of aldehydes is 1. The third-order valence-electron chi connectivity index (χ3n) is 4.42. The molecule has 1 spiro atoms. The highest BCUT2D eigenvalue weighted by Crippen LogP contribution is 2.56. The molecule has 0 N–H and O–H groups in total. The lowest BCUT2D eigenvalue weighted by molar-refractivity contribution is -0.123. The van der Waals surface area contributed by atoms with Crippen molar-refractivity contribution in [1.29, 1.82) is 0 Å². The molecule has 0 radical (unpaired) electrons. The molecule has 0 unspecified atom stereocenters. The Bertz CT molecular complexity index is 789. The normalized spacial score (nSPS) is 24.7. The standard InChI is InChI=1S/C18H15NO4/c1-22-13-7-8-14-15(9-13)19(10-12-5-3-2-4-6-12)17(21)18(14)16(11-20)23-18/h2-9,11,16H,10H2,1H3/t16-,18-/m1/s1. The largest absolute Gasteiger partial charge is 0.497 e. The fraction of sp³-hybridized carbons (Fsp3) is 0.222. The summed E-state index contributed by atoms with van der Waals surface area (Å²) in [4.78, 5) is 25.7. The number of carbonyl (C=O) groups is 2. The third-order valence-corrected chi connectivity index (χ3v) is 4.42. The SMILES string of the molecule is COc1ccc2c(c1)N(Cc1ccccc1)C(=O)[C@@]21O[C@@H]1C=O. The van der Waals surface area contributed by atoms with Crippen LogP contribution in [0.3, 0.4) is 0 Å². The van der Waals surface area contributed by atoms with Gasteiger partial charge in [-0.15, -0.1) is 0 Å². The summed E-state index contributed by atoms with van der Waals surface area (Å²) >= 11 is 0. The second kappa shape index (κ2) is 4.93. The van der Waals surface area contributed by atoms with Crippen LogP contribution >= 0.6 is 0 Å². The number of hydrogen-bond acceptors (Lipinski definition) is 4. The van der Waals surface area contributed by atoms with Crippen LogP contribution in [0.4, 0.5) is 5.69 Å². The molecule has 2 aromatic rings. The summed E-state index contributed by atoms with van der Waals surface area (Å²) in [5.41, 5.74) is 1.34. The molecule has 5 heteroatoms. The minimum absolute atomic E-state index is 0.193. The van der Waals surface area contributed by atoms with E-state index in [4.69, 9.17) is 9.47 Å². The Morgan fingerprint density at radius 2 is 2.04 bits per heavy atom. The van der Waals surface area contributed by atoms with Crippen LogP contribution in [0.25, 0.3) is 0 Å². The summed E-state index contributed by atoms with van der Waals surface area (Å²) in [7, 11) is 1.58. The molecule has 2 aromatic carbocycles. The Labute approximate surface area is 133 Å². The van der Waals surface area contributed by atoms with Crippen molar-refractivity contribution in [1.82, 2.24) is 0 Å². The summed E-state index contributed by atoms with van der Waals surface area (Å²) < 4.78 is 10.8. The lowest BCUT2D eigenvalue weighted by atomic mass is 9.97. The van der Waals surface area contributed by atoms with Gasteiger partial charge in [-0.1, -0.05) is 30.3 Å². The molecule has 0 aliphatic carbocycles. The molecule has 1 saturated heterocycles. The first-order chi connectivity index (χ1) is 11.2. The van der Waals surface area contributed by atoms with Gasteiger partial charge in [-0.05, 0) is 17.7 Å². The van der Waals surface area contributed by atoms with Gasteiger partial charge in [0.25, 0.3) is 5.91 Å². The van der Waals surface area contributed by atoms with Gasteiger partial charge in [0.05, 0.1) is 19.3 Å². The quantitative estimate of drug-likeness (QED) is 0.640. The van der Waals surface area contributed by atoms with Crippen molar-refractivity contribution in [3.63, 3.8) is 0 Å². The Hall–Kier alpha value is -2.66. The molecule has 2 aliphatic rings. The van der Waals surface area contributed by atoms with Gasteiger partial charge in [0.15, 0.2) is 12.4 Å². The van der Waals surface area contributed by atoms with E-state index in [1.807, 2.05) is 36.4 Å². The summed E-state index contributed by atoms with van der Waals surface area (Å²) in [5, 5.41) is 0. The summed E-state index contributed by atoms with van der Waals surface area (Å²) in [6.07, 6.45) is -0.0132. The predicted molar refractivity (Wildman–Crippen MR) is 83.2 cm³/mol. The number of anilines is 1. The minimum atomic E-state index is -1.14. The summed E-state index contributed by atoms with van der Waals surface area (Å²) in [5.74, 6) is 0.469. The zero-order valence-corrected chi connectivity index (χ0v) is 12.6. The van der Waals surface area contributed by atoms with Gasteiger partial charge < -0.3 is 19.2 Å². The van der Waals surface area contributed by atoms with Gasteiger partial charge in [0.1, 0.15) is 5.75 Å². The molecule has 2 aliphatic heterocycles. The zero-order valence-electron chi connectivity index (χ0n) is 12.6. The lowest BCUT2D eigenvalue weighted by Gasteiger charge is -2.18. The molecular weight excluding hydrogens is 294 g/mol. The van der Waals surface area contributed by atoms with Crippen LogP contribution in [-0.2, 0) is 26.5 Å². The van der Waals surface area contributed by atoms with Crippen molar-refractivity contribution >= 4 is 17.9 Å². The van der Waals surface area contributed by atoms with Crippen LogP contribution < -0.4 is 9.64 Å². The number of carbonyl (C=O) groups excluding carboxylic acids is 2. The molecule has 0 saturated carbocycles. The van der Waals surface area contributed by atoms with E-state index < -0.39 is 11.7 Å². The maximum Gasteiger partial charge on any atom is 0.267 e. The first-order valence-corrected chi connectivity index (χ1v) is 7.38. The molecule has 1 fully saturated rings. The molecule has 5 nitrogen and oxygen atoms in total. The number of ether oxygens (including phenoxy) is 2. The second-order valence-electron chi connectivity index (χ2n) is 5.67. The first kappa shape index (κ1) is 14.0. The van der Waals surface area contributed by atoms with Gasteiger partial charge in [-0.3, -0.25) is 4.79 Å². The Morgan fingerprint density at radius 3 is 2.70 bits per heavy atom. The smallest absolute Gasteiger partial charge is 0.267 e. The van der Waals surface area contributed by atoms with Gasteiger partial charge >= 0.3 is 0 Å². The molecule has 2 atom stereocenters. The van der Waals surface area contributed by atoms with Gasteiger partial charge in [0.2, 0.25) is 5.60 Å². The van der Waals surface area contributed by atoms with Crippen molar-refractivity contribution in [2.75, 3.05) is 12.0 Å². The van der Waals surface area contributed by atoms with Crippen molar-refractivity contribution in [2.24, 2.45) is 0 Å². The lowest BCUT2D eigenvalue weighted by Crippen LogP contribution is -2.33. The average molecular weight is 309 g/mol. The summed E-state index contributed by atoms with van der Waals surface area (Å²) in [6, 6.07) is 15.1. The molecule has 0 aromatic heterocycles. The van der Waals surface area contributed by atoms with Crippen molar-refractivity contribution < 1.29 is 19.1 Å². The van der Waals surface area contributed by atoms with Gasteiger partial charge in [-0.2, -0.15) is 0 Å².